The average Bonchev–Trinajstić information content (AvgIpc) is 3.33. The van der Waals surface area contributed by atoms with Crippen molar-refractivity contribution in [2.24, 2.45) is 0 Å². The number of thiocarbonyl (C=S) groups is 1. The number of halogens is 7. The van der Waals surface area contributed by atoms with Crippen LogP contribution in [0.1, 0.15) is 75.1 Å². The molecule has 1 unspecified atom stereocenters. The molecule has 320 valence electrons. The average molecular weight is 873 g/mol. The van der Waals surface area contributed by atoms with Gasteiger partial charge in [0.25, 0.3) is 5.91 Å². The summed E-state index contributed by atoms with van der Waals surface area (Å²) in [6.45, 7) is 3.12. The number of carbonyl (C=O) groups is 4. The summed E-state index contributed by atoms with van der Waals surface area (Å²) in [5.74, 6) is -2.40. The lowest BCUT2D eigenvalue weighted by atomic mass is 9.89. The monoisotopic (exact) mass is 872 g/mol. The molecule has 4 fully saturated rings. The normalized spacial score (nSPS) is 24.4. The van der Waals surface area contributed by atoms with E-state index < -0.39 is 65.4 Å². The van der Waals surface area contributed by atoms with Crippen molar-refractivity contribution in [2.45, 2.75) is 94.4 Å². The molecule has 13 nitrogen and oxygen atoms in total. The number of amides is 4. The number of aromatic nitrogens is 1. The molecule has 1 aliphatic carbocycles. The molecule has 0 spiro atoms. The molecule has 6 rings (SSSR count). The van der Waals surface area contributed by atoms with Crippen molar-refractivity contribution >= 4 is 64.7 Å². The van der Waals surface area contributed by atoms with Crippen LogP contribution in [0.15, 0.2) is 36.5 Å². The van der Waals surface area contributed by atoms with E-state index in [0.717, 1.165) is 16.0 Å². The Morgan fingerprint density at radius 2 is 1.73 bits per heavy atom. The van der Waals surface area contributed by atoms with E-state index in [1.54, 1.807) is 47.9 Å². The number of pyridine rings is 1. The summed E-state index contributed by atoms with van der Waals surface area (Å²) in [4.78, 5) is 59.2. The Morgan fingerprint density at radius 3 is 2.34 bits per heavy atom. The zero-order chi connectivity index (χ0) is 42.2. The Labute approximate surface area is 347 Å². The maximum atomic E-state index is 14.2. The second-order valence-corrected chi connectivity index (χ2v) is 15.7. The van der Waals surface area contributed by atoms with Gasteiger partial charge in [-0.1, -0.05) is 12.1 Å². The molecule has 21 heteroatoms. The van der Waals surface area contributed by atoms with Gasteiger partial charge < -0.3 is 15.0 Å². The van der Waals surface area contributed by atoms with Crippen LogP contribution in [0.2, 0.25) is 0 Å². The number of carbonyl (C=O) groups excluding carboxylic acids is 4. The molecule has 1 aromatic heterocycles. The van der Waals surface area contributed by atoms with Gasteiger partial charge in [-0.25, -0.2) is 4.98 Å². The molecule has 1 aromatic carbocycles. The van der Waals surface area contributed by atoms with Gasteiger partial charge in [-0.3, -0.25) is 39.2 Å². The molecular weight excluding hydrogens is 830 g/mol. The fourth-order valence-corrected chi connectivity index (χ4v) is 8.69. The number of ether oxygens (including phenoxy) is 1. The van der Waals surface area contributed by atoms with Gasteiger partial charge in [-0.15, -0.1) is 12.4 Å². The SMILES string of the molecule is CC1(C)C(=O)N(c2cnc(C#N)c(C(F)(F)F)c2)C(=S)N1C1CCC(OCCN2CCN(CC(=O)Nc3ccc(C4CCC(=O)NC4=O)cc3)[C@@H](C(F)(F)F)C2)CC1.Cl. The van der Waals surface area contributed by atoms with Crippen LogP contribution in [-0.2, 0) is 30.1 Å². The number of alkyl halides is 6. The first-order chi connectivity index (χ1) is 27.3. The highest BCUT2D eigenvalue weighted by molar-refractivity contribution is 7.80. The van der Waals surface area contributed by atoms with Gasteiger partial charge in [0.2, 0.25) is 17.7 Å². The molecule has 3 aliphatic heterocycles. The van der Waals surface area contributed by atoms with E-state index in [-0.39, 0.29) is 80.5 Å². The van der Waals surface area contributed by atoms with Crippen molar-refractivity contribution in [2.75, 3.05) is 49.5 Å². The smallest absolute Gasteiger partial charge is 0.377 e. The molecule has 2 aromatic rings. The van der Waals surface area contributed by atoms with E-state index in [1.165, 1.54) is 6.07 Å². The van der Waals surface area contributed by atoms with Gasteiger partial charge in [-0.05, 0) is 81.9 Å². The van der Waals surface area contributed by atoms with Crippen molar-refractivity contribution in [1.82, 2.24) is 25.0 Å². The van der Waals surface area contributed by atoms with Crippen molar-refractivity contribution in [3.05, 3.63) is 53.3 Å². The minimum Gasteiger partial charge on any atom is -0.377 e. The number of hydrogen-bond acceptors (Lipinski definition) is 10. The zero-order valence-electron chi connectivity index (χ0n) is 32.1. The Balaban J connectivity index is 0.00000661. The van der Waals surface area contributed by atoms with E-state index in [0.29, 0.717) is 49.4 Å². The highest BCUT2D eigenvalue weighted by Crippen LogP contribution is 2.40. The lowest BCUT2D eigenvalue weighted by molar-refractivity contribution is -0.197. The third-order valence-electron chi connectivity index (χ3n) is 11.2. The van der Waals surface area contributed by atoms with Crippen LogP contribution in [0, 0.1) is 11.3 Å². The van der Waals surface area contributed by atoms with Crippen LogP contribution in [0.5, 0.6) is 0 Å². The maximum Gasteiger partial charge on any atom is 0.419 e. The minimum atomic E-state index is -4.88. The van der Waals surface area contributed by atoms with Gasteiger partial charge in [0.05, 0.1) is 42.6 Å². The molecule has 59 heavy (non-hydrogen) atoms. The van der Waals surface area contributed by atoms with Crippen LogP contribution < -0.4 is 15.5 Å². The molecule has 0 bridgehead atoms. The number of nitriles is 1. The van der Waals surface area contributed by atoms with Crippen LogP contribution >= 0.6 is 24.6 Å². The maximum absolute atomic E-state index is 14.2. The van der Waals surface area contributed by atoms with E-state index in [4.69, 9.17) is 22.2 Å². The van der Waals surface area contributed by atoms with Gasteiger partial charge in [-0.2, -0.15) is 31.6 Å². The lowest BCUT2D eigenvalue weighted by Crippen LogP contribution is -2.60. The second-order valence-electron chi connectivity index (χ2n) is 15.4. The number of hydrogen-bond donors (Lipinski definition) is 2. The molecular formula is C38H43ClF6N8O5S. The van der Waals surface area contributed by atoms with Gasteiger partial charge >= 0.3 is 12.4 Å². The van der Waals surface area contributed by atoms with E-state index in [9.17, 15) is 45.5 Å². The topological polar surface area (TPSA) is 151 Å². The van der Waals surface area contributed by atoms with Crippen molar-refractivity contribution in [1.29, 1.82) is 5.26 Å². The first-order valence-corrected chi connectivity index (χ1v) is 19.2. The largest absolute Gasteiger partial charge is 0.419 e. The van der Waals surface area contributed by atoms with Gasteiger partial charge in [0.1, 0.15) is 17.6 Å². The zero-order valence-corrected chi connectivity index (χ0v) is 33.7. The third kappa shape index (κ3) is 10.1. The summed E-state index contributed by atoms with van der Waals surface area (Å²) in [5.41, 5.74) is -2.46. The van der Waals surface area contributed by atoms with Crippen LogP contribution in [-0.4, -0.2) is 118 Å². The predicted molar refractivity (Wildman–Crippen MR) is 207 cm³/mol. The minimum absolute atomic E-state index is 0. The molecule has 4 heterocycles. The number of nitrogens with one attached hydrogen (secondary N) is 2. The van der Waals surface area contributed by atoms with E-state index >= 15 is 0 Å². The van der Waals surface area contributed by atoms with Gasteiger partial charge in [0, 0.05) is 44.3 Å². The Bertz CT molecular complexity index is 1970. The first kappa shape index (κ1) is 45.7. The predicted octanol–water partition coefficient (Wildman–Crippen LogP) is 5.14. The Hall–Kier alpha value is -4.42. The molecule has 1 saturated carbocycles. The standard InChI is InChI=1S/C38H42F6N8O5S.ClH/c1-36(2)34(56)51(25-17-28(37(39,40)41)29(18-45)46-19-25)35(58)52(36)24-7-9-26(10-8-24)57-16-15-49-13-14-50(30(20-49)38(42,43)44)21-32(54)47-23-5-3-22(4-6-23)27-11-12-31(53)48-33(27)55;/h3-6,17,19,24,26-27,30H,7-16,20-21H2,1-2H3,(H,47,54)(H,48,53,55);1H/t24?,26?,27?,30-;/m1./s1. The summed E-state index contributed by atoms with van der Waals surface area (Å²) in [6, 6.07) is 6.41. The van der Waals surface area contributed by atoms with E-state index in [1.807, 2.05) is 0 Å². The third-order valence-corrected chi connectivity index (χ3v) is 11.6. The Morgan fingerprint density at radius 1 is 1.05 bits per heavy atom. The van der Waals surface area contributed by atoms with Crippen LogP contribution in [0.3, 0.4) is 0 Å². The van der Waals surface area contributed by atoms with Crippen molar-refractivity contribution < 1.29 is 50.3 Å². The number of benzene rings is 1. The number of piperazine rings is 1. The van der Waals surface area contributed by atoms with Crippen molar-refractivity contribution in [3.8, 4) is 6.07 Å². The number of nitrogens with zero attached hydrogens (tertiary/aromatic N) is 6. The van der Waals surface area contributed by atoms with Crippen molar-refractivity contribution in [3.63, 3.8) is 0 Å². The summed E-state index contributed by atoms with van der Waals surface area (Å²) in [7, 11) is 0. The molecule has 2 atom stereocenters. The summed E-state index contributed by atoms with van der Waals surface area (Å²) >= 11 is 5.64. The molecule has 2 N–H and O–H groups in total. The fraction of sp³-hybridized carbons (Fsp3) is 0.553. The lowest BCUT2D eigenvalue weighted by Gasteiger charge is -2.42. The molecule has 3 saturated heterocycles. The summed E-state index contributed by atoms with van der Waals surface area (Å²) in [6.07, 6.45) is -5.91. The van der Waals surface area contributed by atoms with Crippen LogP contribution in [0.25, 0.3) is 0 Å². The first-order valence-electron chi connectivity index (χ1n) is 18.8. The van der Waals surface area contributed by atoms with Gasteiger partial charge in [0.15, 0.2) is 10.8 Å². The quantitative estimate of drug-likeness (QED) is 0.186. The highest BCUT2D eigenvalue weighted by atomic mass is 35.5. The molecule has 0 radical (unpaired) electrons. The summed E-state index contributed by atoms with van der Waals surface area (Å²) < 4.78 is 89.8. The number of piperidine rings is 1. The Kier molecular flexibility index (Phi) is 14.0. The fourth-order valence-electron chi connectivity index (χ4n) is 8.13. The molecule has 4 aliphatic rings. The summed E-state index contributed by atoms with van der Waals surface area (Å²) in [5, 5.41) is 14.1. The number of rotatable bonds is 10. The second kappa shape index (κ2) is 18.1. The molecule has 4 amide bonds. The van der Waals surface area contributed by atoms with Crippen LogP contribution in [0.4, 0.5) is 37.7 Å². The number of anilines is 2. The number of imide groups is 1. The highest BCUT2D eigenvalue weighted by Gasteiger charge is 2.53. The van der Waals surface area contributed by atoms with E-state index in [2.05, 4.69) is 15.6 Å².